The van der Waals surface area contributed by atoms with E-state index in [9.17, 15) is 4.79 Å². The van der Waals surface area contributed by atoms with Gasteiger partial charge in [-0.15, -0.1) is 0 Å². The number of hydrogen-bond acceptors (Lipinski definition) is 7. The third-order valence-electron chi connectivity index (χ3n) is 4.33. The molecule has 0 atom stereocenters. The Balaban J connectivity index is 1.88. The van der Waals surface area contributed by atoms with Crippen molar-refractivity contribution in [1.29, 1.82) is 0 Å². The van der Waals surface area contributed by atoms with E-state index in [4.69, 9.17) is 23.7 Å². The lowest BCUT2D eigenvalue weighted by atomic mass is 10.1. The summed E-state index contributed by atoms with van der Waals surface area (Å²) in [7, 11) is 7.82. The van der Waals surface area contributed by atoms with Gasteiger partial charge in [0, 0.05) is 30.8 Å². The first-order valence-corrected chi connectivity index (χ1v) is 9.08. The molecule has 0 unspecified atom stereocenters. The Labute approximate surface area is 171 Å². The molecule has 0 heterocycles. The molecule has 2 aromatic rings. The molecule has 8 heteroatoms. The highest BCUT2D eigenvalue weighted by Gasteiger charge is 2.15. The highest BCUT2D eigenvalue weighted by Crippen LogP contribution is 2.39. The summed E-state index contributed by atoms with van der Waals surface area (Å²) in [5.74, 6) is 2.69. The van der Waals surface area contributed by atoms with E-state index < -0.39 is 0 Å². The third-order valence-corrected chi connectivity index (χ3v) is 4.33. The van der Waals surface area contributed by atoms with Gasteiger partial charge in [-0.1, -0.05) is 6.07 Å². The van der Waals surface area contributed by atoms with Crippen LogP contribution in [0.2, 0.25) is 0 Å². The molecule has 8 nitrogen and oxygen atoms in total. The van der Waals surface area contributed by atoms with Crippen LogP contribution in [0.4, 0.5) is 0 Å². The van der Waals surface area contributed by atoms with Gasteiger partial charge >= 0.3 is 0 Å². The van der Waals surface area contributed by atoms with Gasteiger partial charge in [-0.25, -0.2) is 0 Å². The molecule has 158 valence electrons. The number of ether oxygens (including phenoxy) is 5. The molecule has 0 bridgehead atoms. The molecule has 29 heavy (non-hydrogen) atoms. The van der Waals surface area contributed by atoms with Crippen LogP contribution < -0.4 is 34.3 Å². The second-order valence-corrected chi connectivity index (χ2v) is 6.00. The second kappa shape index (κ2) is 11.0. The van der Waals surface area contributed by atoms with Crippen LogP contribution >= 0.6 is 0 Å². The quantitative estimate of drug-likeness (QED) is 0.556. The fourth-order valence-corrected chi connectivity index (χ4v) is 2.87. The average Bonchev–Trinajstić information content (AvgIpc) is 2.77. The third kappa shape index (κ3) is 5.45. The van der Waals surface area contributed by atoms with Crippen molar-refractivity contribution in [2.75, 3.05) is 48.6 Å². The van der Waals surface area contributed by atoms with Gasteiger partial charge in [0.2, 0.25) is 5.75 Å². The zero-order valence-corrected chi connectivity index (χ0v) is 17.5. The Kier molecular flexibility index (Phi) is 8.42. The van der Waals surface area contributed by atoms with Crippen molar-refractivity contribution >= 4 is 5.91 Å². The minimum absolute atomic E-state index is 0.184. The first-order valence-electron chi connectivity index (χ1n) is 9.08. The van der Waals surface area contributed by atoms with E-state index >= 15 is 0 Å². The van der Waals surface area contributed by atoms with Crippen LogP contribution in [-0.4, -0.2) is 54.5 Å². The standard InChI is InChI=1S/C21H28N2O6/c1-25-16-8-6-14(12-18(16)27-3)21(24)23-11-10-22-13-15-7-9-17(26-2)20(29-5)19(15)28-4/h6-9,12,22H,10-11,13H2,1-5H3,(H,23,24). The molecular weight excluding hydrogens is 376 g/mol. The first kappa shape index (κ1) is 22.2. The SMILES string of the molecule is COc1ccc(C(=O)NCCNCc2ccc(OC)c(OC)c2OC)cc1OC. The summed E-state index contributed by atoms with van der Waals surface area (Å²) in [4.78, 5) is 12.3. The minimum Gasteiger partial charge on any atom is -0.493 e. The molecule has 2 aromatic carbocycles. The average molecular weight is 404 g/mol. The van der Waals surface area contributed by atoms with Crippen LogP contribution in [0.25, 0.3) is 0 Å². The van der Waals surface area contributed by atoms with Crippen molar-refractivity contribution in [2.24, 2.45) is 0 Å². The monoisotopic (exact) mass is 404 g/mol. The molecule has 0 aliphatic rings. The predicted octanol–water partition coefficient (Wildman–Crippen LogP) is 2.25. The summed E-state index contributed by atoms with van der Waals surface area (Å²) < 4.78 is 26.6. The largest absolute Gasteiger partial charge is 0.493 e. The topological polar surface area (TPSA) is 87.3 Å². The van der Waals surface area contributed by atoms with Gasteiger partial charge < -0.3 is 34.3 Å². The van der Waals surface area contributed by atoms with Crippen molar-refractivity contribution in [3.8, 4) is 28.7 Å². The summed E-state index contributed by atoms with van der Waals surface area (Å²) in [6, 6.07) is 8.79. The lowest BCUT2D eigenvalue weighted by Crippen LogP contribution is -2.31. The van der Waals surface area contributed by atoms with Crippen molar-refractivity contribution < 1.29 is 28.5 Å². The lowest BCUT2D eigenvalue weighted by Gasteiger charge is -2.16. The second-order valence-electron chi connectivity index (χ2n) is 6.00. The van der Waals surface area contributed by atoms with Gasteiger partial charge in [0.1, 0.15) is 0 Å². The Hall–Kier alpha value is -3.13. The highest BCUT2D eigenvalue weighted by atomic mass is 16.5. The first-order chi connectivity index (χ1) is 14.1. The Morgan fingerprint density at radius 1 is 0.759 bits per heavy atom. The van der Waals surface area contributed by atoms with E-state index in [1.165, 1.54) is 7.11 Å². The number of nitrogens with one attached hydrogen (secondary N) is 2. The molecule has 0 radical (unpaired) electrons. The molecule has 1 amide bonds. The van der Waals surface area contributed by atoms with Gasteiger partial charge in [0.25, 0.3) is 5.91 Å². The number of rotatable bonds is 11. The van der Waals surface area contributed by atoms with E-state index in [0.29, 0.717) is 53.9 Å². The van der Waals surface area contributed by atoms with E-state index in [2.05, 4.69) is 10.6 Å². The maximum absolute atomic E-state index is 12.3. The van der Waals surface area contributed by atoms with Gasteiger partial charge in [0.15, 0.2) is 23.0 Å². The number of methoxy groups -OCH3 is 5. The molecule has 0 aliphatic carbocycles. The van der Waals surface area contributed by atoms with Crippen LogP contribution in [0.1, 0.15) is 15.9 Å². The maximum Gasteiger partial charge on any atom is 0.251 e. The molecule has 2 rings (SSSR count). The number of benzene rings is 2. The predicted molar refractivity (Wildman–Crippen MR) is 110 cm³/mol. The van der Waals surface area contributed by atoms with Crippen LogP contribution in [0.5, 0.6) is 28.7 Å². The number of carbonyl (C=O) groups excluding carboxylic acids is 1. The van der Waals surface area contributed by atoms with Crippen LogP contribution in [-0.2, 0) is 6.54 Å². The molecule has 0 saturated carbocycles. The molecule has 0 fully saturated rings. The summed E-state index contributed by atoms with van der Waals surface area (Å²) in [6.45, 7) is 1.59. The van der Waals surface area contributed by atoms with Crippen molar-refractivity contribution in [2.45, 2.75) is 6.54 Å². The molecular formula is C21H28N2O6. The molecule has 2 N–H and O–H groups in total. The summed E-state index contributed by atoms with van der Waals surface area (Å²) >= 11 is 0. The van der Waals surface area contributed by atoms with E-state index in [-0.39, 0.29) is 5.91 Å². The fraction of sp³-hybridized carbons (Fsp3) is 0.381. The number of carbonyl (C=O) groups is 1. The zero-order chi connectivity index (χ0) is 21.2. The number of hydrogen-bond donors (Lipinski definition) is 2. The fourth-order valence-electron chi connectivity index (χ4n) is 2.87. The summed E-state index contributed by atoms with van der Waals surface area (Å²) in [5.41, 5.74) is 1.43. The lowest BCUT2D eigenvalue weighted by molar-refractivity contribution is 0.0953. The van der Waals surface area contributed by atoms with E-state index in [1.807, 2.05) is 12.1 Å². The molecule has 0 spiro atoms. The Morgan fingerprint density at radius 3 is 2.03 bits per heavy atom. The van der Waals surface area contributed by atoms with Gasteiger partial charge in [0.05, 0.1) is 35.5 Å². The molecule has 0 aromatic heterocycles. The van der Waals surface area contributed by atoms with E-state index in [0.717, 1.165) is 5.56 Å². The van der Waals surface area contributed by atoms with E-state index in [1.54, 1.807) is 46.6 Å². The smallest absolute Gasteiger partial charge is 0.251 e. The minimum atomic E-state index is -0.184. The van der Waals surface area contributed by atoms with Crippen molar-refractivity contribution in [3.63, 3.8) is 0 Å². The summed E-state index contributed by atoms with van der Waals surface area (Å²) in [5, 5.41) is 6.15. The Morgan fingerprint density at radius 2 is 1.41 bits per heavy atom. The van der Waals surface area contributed by atoms with Crippen LogP contribution in [0.3, 0.4) is 0 Å². The maximum atomic E-state index is 12.3. The molecule has 0 aliphatic heterocycles. The normalized spacial score (nSPS) is 10.2. The van der Waals surface area contributed by atoms with Crippen molar-refractivity contribution in [3.05, 3.63) is 41.5 Å². The highest BCUT2D eigenvalue weighted by molar-refractivity contribution is 5.94. The van der Waals surface area contributed by atoms with Crippen molar-refractivity contribution in [1.82, 2.24) is 10.6 Å². The van der Waals surface area contributed by atoms with Crippen LogP contribution in [0, 0.1) is 0 Å². The number of amides is 1. The van der Waals surface area contributed by atoms with Crippen LogP contribution in [0.15, 0.2) is 30.3 Å². The Bertz CT molecular complexity index is 825. The summed E-state index contributed by atoms with van der Waals surface area (Å²) in [6.07, 6.45) is 0. The zero-order valence-electron chi connectivity index (χ0n) is 17.5. The van der Waals surface area contributed by atoms with Gasteiger partial charge in [-0.05, 0) is 24.3 Å². The molecule has 0 saturated heterocycles. The van der Waals surface area contributed by atoms with Gasteiger partial charge in [-0.2, -0.15) is 0 Å². The van der Waals surface area contributed by atoms with Gasteiger partial charge in [-0.3, -0.25) is 4.79 Å².